The number of aliphatic hydroxyl groups excluding tert-OH is 1. The van der Waals surface area contributed by atoms with Crippen molar-refractivity contribution in [2.75, 3.05) is 25.0 Å². The van der Waals surface area contributed by atoms with Crippen molar-refractivity contribution < 1.29 is 29.3 Å². The number of carbonyl (C=O) groups excluding carboxylic acids is 1. The highest BCUT2D eigenvalue weighted by atomic mass is 16.7. The van der Waals surface area contributed by atoms with Crippen molar-refractivity contribution in [3.8, 4) is 0 Å². The van der Waals surface area contributed by atoms with Crippen molar-refractivity contribution in [3.63, 3.8) is 0 Å². The van der Waals surface area contributed by atoms with Gasteiger partial charge in [0.2, 0.25) is 5.91 Å². The molecular formula is C32H44N2O6. The molecule has 3 atom stereocenters. The molecule has 2 aromatic rings. The van der Waals surface area contributed by atoms with Crippen LogP contribution in [-0.4, -0.2) is 52.7 Å². The molecule has 2 fully saturated rings. The van der Waals surface area contributed by atoms with Gasteiger partial charge < -0.3 is 29.9 Å². The molecule has 0 radical (unpaired) electrons. The Bertz CT molecular complexity index is 1070. The van der Waals surface area contributed by atoms with E-state index in [1.807, 2.05) is 48.5 Å². The van der Waals surface area contributed by atoms with Crippen LogP contribution in [0.5, 0.6) is 0 Å². The number of aliphatic hydroxyl groups is 1. The van der Waals surface area contributed by atoms with E-state index in [1.54, 1.807) is 0 Å². The van der Waals surface area contributed by atoms with Crippen LogP contribution in [0.1, 0.15) is 99.7 Å². The van der Waals surface area contributed by atoms with Gasteiger partial charge in [-0.1, -0.05) is 62.1 Å². The third-order valence-corrected chi connectivity index (χ3v) is 7.76. The minimum atomic E-state index is -0.804. The van der Waals surface area contributed by atoms with E-state index in [4.69, 9.17) is 14.6 Å². The number of benzene rings is 2. The smallest absolute Gasteiger partial charge is 0.303 e. The average molecular weight is 553 g/mol. The molecule has 40 heavy (non-hydrogen) atoms. The van der Waals surface area contributed by atoms with Crippen molar-refractivity contribution in [2.24, 2.45) is 0 Å². The molecule has 218 valence electrons. The minimum absolute atomic E-state index is 0.00439. The fraction of sp³-hybridized carbons (Fsp3) is 0.562. The normalized spacial score (nSPS) is 22.3. The number of unbranched alkanes of at least 4 members (excludes halogenated alkanes) is 2. The number of ether oxygens (including phenoxy) is 2. The molecule has 2 heterocycles. The lowest BCUT2D eigenvalue weighted by Crippen LogP contribution is -2.40. The van der Waals surface area contributed by atoms with E-state index in [-0.39, 0.29) is 31.1 Å². The first-order valence-corrected chi connectivity index (χ1v) is 14.8. The van der Waals surface area contributed by atoms with E-state index in [2.05, 4.69) is 10.2 Å². The van der Waals surface area contributed by atoms with Gasteiger partial charge in [-0.25, -0.2) is 0 Å². The van der Waals surface area contributed by atoms with Gasteiger partial charge in [-0.05, 0) is 62.0 Å². The number of carboxylic acids is 1. The first-order valence-electron chi connectivity index (χ1n) is 14.8. The number of likely N-dealkylation sites (tertiary alicyclic amines) is 1. The maximum absolute atomic E-state index is 12.5. The summed E-state index contributed by atoms with van der Waals surface area (Å²) in [7, 11) is 0. The summed E-state index contributed by atoms with van der Waals surface area (Å²) in [6.45, 7) is 3.07. The first kappa shape index (κ1) is 30.2. The molecule has 3 unspecified atom stereocenters. The highest BCUT2D eigenvalue weighted by molar-refractivity contribution is 5.90. The molecule has 2 aliphatic rings. The van der Waals surface area contributed by atoms with Crippen molar-refractivity contribution in [2.45, 2.75) is 95.7 Å². The quantitative estimate of drug-likeness (QED) is 0.279. The van der Waals surface area contributed by atoms with Crippen LogP contribution in [0.2, 0.25) is 0 Å². The van der Waals surface area contributed by atoms with E-state index >= 15 is 0 Å². The summed E-state index contributed by atoms with van der Waals surface area (Å²) in [5.74, 6) is -0.892. The Hall–Kier alpha value is -2.78. The number of hydrogen-bond donors (Lipinski definition) is 3. The lowest BCUT2D eigenvalue weighted by molar-refractivity contribution is -0.253. The fourth-order valence-corrected chi connectivity index (χ4v) is 5.54. The second kappa shape index (κ2) is 15.9. The first-order chi connectivity index (χ1) is 19.5. The Labute approximate surface area is 237 Å². The molecule has 4 rings (SSSR count). The van der Waals surface area contributed by atoms with Gasteiger partial charge >= 0.3 is 5.97 Å². The van der Waals surface area contributed by atoms with Crippen LogP contribution < -0.4 is 5.32 Å². The number of rotatable bonds is 12. The Balaban J connectivity index is 1.42. The molecule has 2 aliphatic heterocycles. The Morgan fingerprint density at radius 3 is 2.33 bits per heavy atom. The predicted octanol–water partition coefficient (Wildman–Crippen LogP) is 5.96. The Kier molecular flexibility index (Phi) is 12.0. The van der Waals surface area contributed by atoms with E-state index < -0.39 is 12.3 Å². The number of carboxylic acid groups (broad SMARTS) is 1. The van der Waals surface area contributed by atoms with Crippen molar-refractivity contribution in [3.05, 3.63) is 65.2 Å². The molecule has 0 aliphatic carbocycles. The summed E-state index contributed by atoms with van der Waals surface area (Å²) in [5, 5.41) is 21.2. The van der Waals surface area contributed by atoms with Crippen LogP contribution in [0.15, 0.2) is 48.5 Å². The summed E-state index contributed by atoms with van der Waals surface area (Å²) in [6.07, 6.45) is 8.83. The zero-order valence-electron chi connectivity index (χ0n) is 23.4. The van der Waals surface area contributed by atoms with Gasteiger partial charge in [-0.2, -0.15) is 0 Å². The maximum Gasteiger partial charge on any atom is 0.303 e. The van der Waals surface area contributed by atoms with Gasteiger partial charge in [0, 0.05) is 37.1 Å². The summed E-state index contributed by atoms with van der Waals surface area (Å²) in [6, 6.07) is 15.6. The number of nitrogens with one attached hydrogen (secondary N) is 1. The van der Waals surface area contributed by atoms with Crippen molar-refractivity contribution in [1.82, 2.24) is 4.90 Å². The number of anilines is 1. The van der Waals surface area contributed by atoms with Crippen molar-refractivity contribution >= 4 is 17.6 Å². The molecule has 0 spiro atoms. The predicted molar refractivity (Wildman–Crippen MR) is 154 cm³/mol. The number of aliphatic carboxylic acids is 1. The van der Waals surface area contributed by atoms with Gasteiger partial charge in [-0.3, -0.25) is 9.59 Å². The van der Waals surface area contributed by atoms with E-state index in [0.717, 1.165) is 42.7 Å². The second-order valence-electron chi connectivity index (χ2n) is 11.0. The molecule has 8 nitrogen and oxygen atoms in total. The van der Waals surface area contributed by atoms with Gasteiger partial charge in [0.05, 0.1) is 18.8 Å². The molecule has 3 N–H and O–H groups in total. The SMILES string of the molecule is O=C(O)CCCCCC(=O)Nc1cccc(C2OC(CN3CCCCCCC3)CC(c3ccc(CO)cc3)O2)c1. The van der Waals surface area contributed by atoms with Crippen LogP contribution in [0.3, 0.4) is 0 Å². The Morgan fingerprint density at radius 2 is 1.60 bits per heavy atom. The topological polar surface area (TPSA) is 108 Å². The van der Waals surface area contributed by atoms with E-state index in [9.17, 15) is 14.7 Å². The number of nitrogens with zero attached hydrogens (tertiary/aromatic N) is 1. The Morgan fingerprint density at radius 1 is 0.875 bits per heavy atom. The molecule has 8 heteroatoms. The van der Waals surface area contributed by atoms with Crippen molar-refractivity contribution in [1.29, 1.82) is 0 Å². The summed E-state index contributed by atoms with van der Waals surface area (Å²) >= 11 is 0. The molecule has 2 saturated heterocycles. The van der Waals surface area contributed by atoms with Crippen LogP contribution in [-0.2, 0) is 25.7 Å². The minimum Gasteiger partial charge on any atom is -0.481 e. The molecule has 2 aromatic carbocycles. The summed E-state index contributed by atoms with van der Waals surface area (Å²) in [4.78, 5) is 25.7. The van der Waals surface area contributed by atoms with Gasteiger partial charge in [-0.15, -0.1) is 0 Å². The third kappa shape index (κ3) is 9.70. The zero-order valence-corrected chi connectivity index (χ0v) is 23.4. The number of hydrogen-bond acceptors (Lipinski definition) is 6. The molecular weight excluding hydrogens is 508 g/mol. The third-order valence-electron chi connectivity index (χ3n) is 7.76. The molecule has 1 amide bonds. The average Bonchev–Trinajstić information content (AvgIpc) is 2.94. The van der Waals surface area contributed by atoms with Crippen LogP contribution in [0, 0.1) is 0 Å². The second-order valence-corrected chi connectivity index (χ2v) is 11.0. The molecule has 0 bridgehead atoms. The fourth-order valence-electron chi connectivity index (χ4n) is 5.54. The summed E-state index contributed by atoms with van der Waals surface area (Å²) < 4.78 is 13.1. The maximum atomic E-state index is 12.5. The number of carbonyl (C=O) groups is 2. The van der Waals surface area contributed by atoms with Crippen LogP contribution in [0.4, 0.5) is 5.69 Å². The lowest BCUT2D eigenvalue weighted by Gasteiger charge is -2.39. The highest BCUT2D eigenvalue weighted by Crippen LogP contribution is 2.38. The van der Waals surface area contributed by atoms with Crippen LogP contribution >= 0.6 is 0 Å². The van der Waals surface area contributed by atoms with Crippen LogP contribution in [0.25, 0.3) is 0 Å². The van der Waals surface area contributed by atoms with Gasteiger partial charge in [0.25, 0.3) is 0 Å². The highest BCUT2D eigenvalue weighted by Gasteiger charge is 2.33. The molecule has 0 aromatic heterocycles. The van der Waals surface area contributed by atoms with Gasteiger partial charge in [0.15, 0.2) is 6.29 Å². The van der Waals surface area contributed by atoms with Gasteiger partial charge in [0.1, 0.15) is 0 Å². The lowest BCUT2D eigenvalue weighted by atomic mass is 9.99. The summed E-state index contributed by atoms with van der Waals surface area (Å²) in [5.41, 5.74) is 3.48. The zero-order chi connectivity index (χ0) is 28.2. The standard InChI is InChI=1S/C32H44N2O6/c35-23-24-14-16-25(17-15-24)29-21-28(22-34-18-7-2-1-3-8-19-34)39-32(40-29)26-10-9-11-27(20-26)33-30(36)12-5-4-6-13-31(37)38/h9-11,14-17,20,28-29,32,35H,1-8,12-13,18-19,21-23H2,(H,33,36)(H,37,38). The largest absolute Gasteiger partial charge is 0.481 e. The monoisotopic (exact) mass is 552 g/mol. The molecule has 0 saturated carbocycles. The van der Waals surface area contributed by atoms with E-state index in [0.29, 0.717) is 31.4 Å². The number of amides is 1. The van der Waals surface area contributed by atoms with E-state index in [1.165, 1.54) is 32.1 Å².